The largest absolute Gasteiger partial charge is 0.493 e. The summed E-state index contributed by atoms with van der Waals surface area (Å²) in [5, 5.41) is 0. The summed E-state index contributed by atoms with van der Waals surface area (Å²) in [6.07, 6.45) is 0.920. The lowest BCUT2D eigenvalue weighted by molar-refractivity contribution is 0.258. The summed E-state index contributed by atoms with van der Waals surface area (Å²) in [7, 11) is 0. The van der Waals surface area contributed by atoms with Gasteiger partial charge in [-0.2, -0.15) is 4.37 Å². The number of nitrogens with zero attached hydrogens (tertiary/aromatic N) is 2. The zero-order chi connectivity index (χ0) is 11.0. The Labute approximate surface area is 102 Å². The Bertz CT molecular complexity index is 514. The van der Waals surface area contributed by atoms with Crippen LogP contribution in [0.4, 0.5) is 0 Å². The first kappa shape index (κ1) is 10.1. The van der Waals surface area contributed by atoms with E-state index < -0.39 is 0 Å². The molecule has 0 N–H and O–H groups in total. The van der Waals surface area contributed by atoms with Crippen molar-refractivity contribution < 1.29 is 4.74 Å². The number of hydrogen-bond acceptors (Lipinski definition) is 4. The Hall–Kier alpha value is -1.13. The van der Waals surface area contributed by atoms with Gasteiger partial charge in [0.2, 0.25) is 4.47 Å². The summed E-state index contributed by atoms with van der Waals surface area (Å²) in [5.74, 6) is 1.99. The number of hydrogen-bond donors (Lipinski definition) is 0. The van der Waals surface area contributed by atoms with Gasteiger partial charge in [0.15, 0.2) is 5.82 Å². The maximum absolute atomic E-state index is 5.78. The summed E-state index contributed by atoms with van der Waals surface area (Å²) < 4.78 is 10.4. The molecule has 1 aromatic heterocycles. The minimum absolute atomic E-state index is 0.221. The highest BCUT2D eigenvalue weighted by molar-refractivity contribution is 7.10. The van der Waals surface area contributed by atoms with Crippen LogP contribution in [0.25, 0.3) is 0 Å². The predicted molar refractivity (Wildman–Crippen MR) is 63.3 cm³/mol. The predicted octanol–water partition coefficient (Wildman–Crippen LogP) is 2.91. The molecule has 82 valence electrons. The van der Waals surface area contributed by atoms with Crippen molar-refractivity contribution in [2.24, 2.45) is 0 Å². The monoisotopic (exact) mass is 252 g/mol. The summed E-state index contributed by atoms with van der Waals surface area (Å²) in [6.45, 7) is 0.629. The number of para-hydroxylation sites is 1. The number of ether oxygens (including phenoxy) is 1. The second kappa shape index (κ2) is 4.03. The van der Waals surface area contributed by atoms with Gasteiger partial charge in [-0.1, -0.05) is 18.2 Å². The fourth-order valence-electron chi connectivity index (χ4n) is 1.87. The third-order valence-electron chi connectivity index (χ3n) is 2.66. The molecule has 0 radical (unpaired) electrons. The van der Waals surface area contributed by atoms with E-state index >= 15 is 0 Å². The van der Waals surface area contributed by atoms with Gasteiger partial charge in [-0.25, -0.2) is 4.98 Å². The Morgan fingerprint density at radius 1 is 1.38 bits per heavy atom. The van der Waals surface area contributed by atoms with Crippen molar-refractivity contribution in [3.05, 3.63) is 40.1 Å². The molecule has 0 saturated carbocycles. The fraction of sp³-hybridized carbons (Fsp3) is 0.273. The Morgan fingerprint density at radius 2 is 2.25 bits per heavy atom. The molecule has 1 aromatic carbocycles. The number of aromatic nitrogens is 2. The van der Waals surface area contributed by atoms with Gasteiger partial charge in [0.1, 0.15) is 5.75 Å². The zero-order valence-electron chi connectivity index (χ0n) is 8.39. The van der Waals surface area contributed by atoms with Gasteiger partial charge >= 0.3 is 0 Å². The topological polar surface area (TPSA) is 35.0 Å². The number of halogens is 1. The minimum atomic E-state index is 0.221. The highest BCUT2D eigenvalue weighted by Gasteiger charge is 2.24. The van der Waals surface area contributed by atoms with E-state index in [1.54, 1.807) is 0 Å². The summed E-state index contributed by atoms with van der Waals surface area (Å²) in [4.78, 5) is 4.20. The van der Waals surface area contributed by atoms with Crippen molar-refractivity contribution >= 4 is 23.1 Å². The van der Waals surface area contributed by atoms with Crippen LogP contribution in [0, 0.1) is 0 Å². The van der Waals surface area contributed by atoms with Crippen LogP contribution in [0.1, 0.15) is 17.3 Å². The molecule has 1 atom stereocenters. The molecular formula is C11H9ClN2OS. The third-order valence-corrected chi connectivity index (χ3v) is 3.47. The van der Waals surface area contributed by atoms with Crippen LogP contribution >= 0.6 is 23.1 Å². The van der Waals surface area contributed by atoms with Gasteiger partial charge in [0, 0.05) is 0 Å². The number of rotatable bonds is 1. The Balaban J connectivity index is 1.88. The van der Waals surface area contributed by atoms with Crippen molar-refractivity contribution in [3.8, 4) is 5.75 Å². The number of benzene rings is 1. The molecule has 0 saturated heterocycles. The van der Waals surface area contributed by atoms with Crippen LogP contribution in [0.2, 0.25) is 4.47 Å². The molecule has 0 spiro atoms. The number of fused-ring (bicyclic) bond motifs is 1. The molecule has 3 rings (SSSR count). The third kappa shape index (κ3) is 1.79. The summed E-state index contributed by atoms with van der Waals surface area (Å²) >= 11 is 7.01. The summed E-state index contributed by atoms with van der Waals surface area (Å²) in [5.41, 5.74) is 1.21. The molecule has 0 amide bonds. The molecule has 5 heteroatoms. The van der Waals surface area contributed by atoms with Gasteiger partial charge in [0.05, 0.1) is 12.5 Å². The van der Waals surface area contributed by atoms with Crippen LogP contribution in [-0.4, -0.2) is 16.0 Å². The van der Waals surface area contributed by atoms with Crippen LogP contribution in [-0.2, 0) is 6.42 Å². The van der Waals surface area contributed by atoms with Crippen LogP contribution in [0.5, 0.6) is 5.75 Å². The van der Waals surface area contributed by atoms with Crippen LogP contribution < -0.4 is 4.74 Å². The van der Waals surface area contributed by atoms with E-state index in [1.165, 1.54) is 17.1 Å². The quantitative estimate of drug-likeness (QED) is 0.783. The SMILES string of the molecule is Clc1nc(C2COc3ccccc3C2)ns1. The van der Waals surface area contributed by atoms with Gasteiger partial charge in [0.25, 0.3) is 0 Å². The van der Waals surface area contributed by atoms with E-state index in [9.17, 15) is 0 Å². The van der Waals surface area contributed by atoms with Gasteiger partial charge in [-0.15, -0.1) is 0 Å². The average molecular weight is 253 g/mol. The highest BCUT2D eigenvalue weighted by Crippen LogP contribution is 2.31. The molecule has 1 unspecified atom stereocenters. The molecule has 16 heavy (non-hydrogen) atoms. The van der Waals surface area contributed by atoms with Crippen LogP contribution in [0.3, 0.4) is 0 Å². The van der Waals surface area contributed by atoms with E-state index in [1.807, 2.05) is 18.2 Å². The molecule has 0 fully saturated rings. The van der Waals surface area contributed by atoms with E-state index in [0.29, 0.717) is 11.1 Å². The fourth-order valence-corrected chi connectivity index (χ4v) is 2.56. The van der Waals surface area contributed by atoms with E-state index in [0.717, 1.165) is 18.0 Å². The molecule has 1 aliphatic rings. The Kier molecular flexibility index (Phi) is 2.53. The molecule has 2 heterocycles. The van der Waals surface area contributed by atoms with Crippen molar-refractivity contribution in [1.29, 1.82) is 0 Å². The Morgan fingerprint density at radius 3 is 3.06 bits per heavy atom. The van der Waals surface area contributed by atoms with E-state index in [4.69, 9.17) is 16.3 Å². The average Bonchev–Trinajstić information content (AvgIpc) is 2.75. The van der Waals surface area contributed by atoms with Crippen molar-refractivity contribution in [3.63, 3.8) is 0 Å². The van der Waals surface area contributed by atoms with Gasteiger partial charge in [-0.05, 0) is 41.2 Å². The smallest absolute Gasteiger partial charge is 0.203 e. The first-order valence-electron chi connectivity index (χ1n) is 5.03. The van der Waals surface area contributed by atoms with Crippen molar-refractivity contribution in [1.82, 2.24) is 9.36 Å². The van der Waals surface area contributed by atoms with Gasteiger partial charge < -0.3 is 4.74 Å². The van der Waals surface area contributed by atoms with Crippen molar-refractivity contribution in [2.75, 3.05) is 6.61 Å². The van der Waals surface area contributed by atoms with Gasteiger partial charge in [-0.3, -0.25) is 0 Å². The highest BCUT2D eigenvalue weighted by atomic mass is 35.5. The van der Waals surface area contributed by atoms with E-state index in [2.05, 4.69) is 15.4 Å². The van der Waals surface area contributed by atoms with Crippen molar-refractivity contribution in [2.45, 2.75) is 12.3 Å². The molecular weight excluding hydrogens is 244 g/mol. The lowest BCUT2D eigenvalue weighted by atomic mass is 9.96. The lowest BCUT2D eigenvalue weighted by Gasteiger charge is -2.23. The first-order valence-corrected chi connectivity index (χ1v) is 6.18. The molecule has 2 aromatic rings. The molecule has 0 aliphatic carbocycles. The van der Waals surface area contributed by atoms with E-state index in [-0.39, 0.29) is 5.92 Å². The standard InChI is InChI=1S/C11H9ClN2OS/c12-11-13-10(14-16-11)8-5-7-3-1-2-4-9(7)15-6-8/h1-4,8H,5-6H2. The summed E-state index contributed by atoms with van der Waals surface area (Å²) in [6, 6.07) is 8.08. The molecule has 0 bridgehead atoms. The maximum atomic E-state index is 5.78. The zero-order valence-corrected chi connectivity index (χ0v) is 9.96. The van der Waals surface area contributed by atoms with Crippen LogP contribution in [0.15, 0.2) is 24.3 Å². The maximum Gasteiger partial charge on any atom is 0.203 e. The molecule has 3 nitrogen and oxygen atoms in total. The second-order valence-electron chi connectivity index (χ2n) is 3.73. The lowest BCUT2D eigenvalue weighted by Crippen LogP contribution is -2.20. The minimum Gasteiger partial charge on any atom is -0.493 e. The molecule has 1 aliphatic heterocycles. The first-order chi connectivity index (χ1) is 7.83. The normalized spacial score (nSPS) is 18.9. The second-order valence-corrected chi connectivity index (χ2v) is 5.06.